The van der Waals surface area contributed by atoms with Crippen molar-refractivity contribution < 1.29 is 4.39 Å². The molecule has 3 aromatic heterocycles. The molecular formula is C25H24FN7. The molecule has 0 amide bonds. The largest absolute Gasteiger partial charge is 0.354 e. The zero-order valence-corrected chi connectivity index (χ0v) is 18.3. The number of aryl methyl sites for hydroxylation is 1. The minimum Gasteiger partial charge on any atom is -0.354 e. The molecule has 4 aromatic rings. The Morgan fingerprint density at radius 2 is 1.85 bits per heavy atom. The van der Waals surface area contributed by atoms with E-state index in [9.17, 15) is 4.39 Å². The first-order valence-electron chi connectivity index (χ1n) is 10.9. The molecule has 1 fully saturated rings. The van der Waals surface area contributed by atoms with E-state index in [1.165, 1.54) is 6.07 Å². The summed E-state index contributed by atoms with van der Waals surface area (Å²) in [6, 6.07) is 14.7. The lowest BCUT2D eigenvalue weighted by Crippen LogP contribution is -2.43. The average Bonchev–Trinajstić information content (AvgIpc) is 2.87. The lowest BCUT2D eigenvalue weighted by Gasteiger charge is -2.28. The van der Waals surface area contributed by atoms with E-state index in [0.717, 1.165) is 60.2 Å². The van der Waals surface area contributed by atoms with Crippen LogP contribution in [0.5, 0.6) is 0 Å². The lowest BCUT2D eigenvalue weighted by molar-refractivity contribution is 0.585. The fraction of sp³-hybridized carbons (Fsp3) is 0.200. The molecule has 0 unspecified atom stereocenters. The van der Waals surface area contributed by atoms with Gasteiger partial charge in [-0.3, -0.25) is 4.98 Å². The van der Waals surface area contributed by atoms with Crippen LogP contribution in [0, 0.1) is 12.7 Å². The first-order valence-corrected chi connectivity index (χ1v) is 10.9. The molecule has 1 aliphatic heterocycles. The third-order valence-corrected chi connectivity index (χ3v) is 5.62. The Morgan fingerprint density at radius 3 is 2.64 bits per heavy atom. The summed E-state index contributed by atoms with van der Waals surface area (Å²) in [7, 11) is 0. The topological polar surface area (TPSA) is 78.9 Å². The minimum atomic E-state index is -0.235. The van der Waals surface area contributed by atoms with E-state index in [1.807, 2.05) is 30.3 Å². The van der Waals surface area contributed by atoms with E-state index in [4.69, 9.17) is 4.98 Å². The molecular weight excluding hydrogens is 417 g/mol. The van der Waals surface area contributed by atoms with Gasteiger partial charge in [-0.2, -0.15) is 0 Å². The van der Waals surface area contributed by atoms with Crippen LogP contribution in [0.25, 0.3) is 22.5 Å². The van der Waals surface area contributed by atoms with Crippen LogP contribution in [0.15, 0.2) is 67.1 Å². The van der Waals surface area contributed by atoms with Gasteiger partial charge in [0.05, 0.1) is 23.3 Å². The van der Waals surface area contributed by atoms with Crippen molar-refractivity contribution in [2.24, 2.45) is 0 Å². The molecule has 0 saturated carbocycles. The quantitative estimate of drug-likeness (QED) is 0.481. The molecule has 7 nitrogen and oxygen atoms in total. The van der Waals surface area contributed by atoms with E-state index in [1.54, 1.807) is 37.6 Å². The molecule has 1 aromatic carbocycles. The number of hydrogen-bond acceptors (Lipinski definition) is 7. The molecule has 1 saturated heterocycles. The third kappa shape index (κ3) is 4.65. The molecule has 8 heteroatoms. The van der Waals surface area contributed by atoms with Gasteiger partial charge >= 0.3 is 0 Å². The monoisotopic (exact) mass is 441 g/mol. The van der Waals surface area contributed by atoms with Crippen LogP contribution in [0.2, 0.25) is 0 Å². The fourth-order valence-corrected chi connectivity index (χ4v) is 3.87. The molecule has 0 radical (unpaired) electrons. The number of anilines is 3. The van der Waals surface area contributed by atoms with Crippen molar-refractivity contribution in [3.8, 4) is 22.5 Å². The number of nitrogens with one attached hydrogen (secondary N) is 2. The summed E-state index contributed by atoms with van der Waals surface area (Å²) in [6.07, 6.45) is 5.23. The number of aromatic nitrogens is 4. The van der Waals surface area contributed by atoms with Crippen LogP contribution in [0.4, 0.5) is 21.8 Å². The highest BCUT2D eigenvalue weighted by Gasteiger charge is 2.13. The normalized spacial score (nSPS) is 13.7. The van der Waals surface area contributed by atoms with Gasteiger partial charge in [-0.25, -0.2) is 19.3 Å². The molecule has 166 valence electrons. The van der Waals surface area contributed by atoms with E-state index in [2.05, 4.69) is 30.5 Å². The summed E-state index contributed by atoms with van der Waals surface area (Å²) < 4.78 is 13.8. The Kier molecular flexibility index (Phi) is 5.91. The first kappa shape index (κ1) is 21.0. The number of benzene rings is 1. The van der Waals surface area contributed by atoms with Gasteiger partial charge in [-0.15, -0.1) is 0 Å². The summed E-state index contributed by atoms with van der Waals surface area (Å²) in [5, 5.41) is 6.58. The average molecular weight is 442 g/mol. The van der Waals surface area contributed by atoms with Crippen molar-refractivity contribution in [3.05, 3.63) is 78.5 Å². The Hall–Kier alpha value is -3.91. The van der Waals surface area contributed by atoms with Gasteiger partial charge in [0.1, 0.15) is 11.6 Å². The highest BCUT2D eigenvalue weighted by molar-refractivity contribution is 5.79. The van der Waals surface area contributed by atoms with Gasteiger partial charge in [0.25, 0.3) is 0 Å². The summed E-state index contributed by atoms with van der Waals surface area (Å²) in [6.45, 7) is 5.58. The van der Waals surface area contributed by atoms with Crippen molar-refractivity contribution in [2.75, 3.05) is 36.4 Å². The summed E-state index contributed by atoms with van der Waals surface area (Å²) in [4.78, 5) is 20.4. The molecule has 0 spiro atoms. The number of piperazine rings is 1. The minimum absolute atomic E-state index is 0.235. The Balaban J connectivity index is 1.39. The molecule has 2 N–H and O–H groups in total. The van der Waals surface area contributed by atoms with Crippen molar-refractivity contribution in [2.45, 2.75) is 6.92 Å². The predicted molar refractivity (Wildman–Crippen MR) is 128 cm³/mol. The number of pyridine rings is 2. The third-order valence-electron chi connectivity index (χ3n) is 5.62. The summed E-state index contributed by atoms with van der Waals surface area (Å²) in [5.74, 6) is 1.20. The van der Waals surface area contributed by atoms with Gasteiger partial charge in [-0.05, 0) is 61.0 Å². The molecule has 0 atom stereocenters. The van der Waals surface area contributed by atoms with Gasteiger partial charge < -0.3 is 15.5 Å². The van der Waals surface area contributed by atoms with E-state index < -0.39 is 0 Å². The van der Waals surface area contributed by atoms with Crippen molar-refractivity contribution in [3.63, 3.8) is 0 Å². The maximum atomic E-state index is 13.8. The molecule has 0 bridgehead atoms. The second-order valence-corrected chi connectivity index (χ2v) is 7.90. The second-order valence-electron chi connectivity index (χ2n) is 7.90. The maximum absolute atomic E-state index is 13.8. The van der Waals surface area contributed by atoms with E-state index in [-0.39, 0.29) is 5.82 Å². The van der Waals surface area contributed by atoms with Crippen LogP contribution >= 0.6 is 0 Å². The number of rotatable bonds is 5. The lowest BCUT2D eigenvalue weighted by atomic mass is 10.0. The molecule has 33 heavy (non-hydrogen) atoms. The SMILES string of the molecule is Cc1cc(-c2ncccc2-c2ccnc(Nc3ccc(N4CCNCC4)nc3)n2)ccc1F. The van der Waals surface area contributed by atoms with Crippen LogP contribution in [0.1, 0.15) is 5.56 Å². The van der Waals surface area contributed by atoms with Crippen molar-refractivity contribution in [1.82, 2.24) is 25.3 Å². The van der Waals surface area contributed by atoms with Gasteiger partial charge in [0, 0.05) is 49.7 Å². The van der Waals surface area contributed by atoms with Gasteiger partial charge in [0.2, 0.25) is 5.95 Å². The van der Waals surface area contributed by atoms with Gasteiger partial charge in [-0.1, -0.05) is 0 Å². The van der Waals surface area contributed by atoms with Crippen LogP contribution in [0.3, 0.4) is 0 Å². The molecule has 1 aliphatic rings. The fourth-order valence-electron chi connectivity index (χ4n) is 3.87. The Labute approximate surface area is 191 Å². The van der Waals surface area contributed by atoms with Crippen LogP contribution in [-0.2, 0) is 0 Å². The standard InChI is InChI=1S/C25H24FN7/c1-17-15-18(4-6-21(17)26)24-20(3-2-9-28-24)22-8-10-29-25(32-22)31-19-5-7-23(30-16-19)33-13-11-27-12-14-33/h2-10,15-16,27H,11-14H2,1H3,(H,29,31,32). The molecule has 5 rings (SSSR count). The summed E-state index contributed by atoms with van der Waals surface area (Å²) >= 11 is 0. The highest BCUT2D eigenvalue weighted by Crippen LogP contribution is 2.30. The number of halogens is 1. The van der Waals surface area contributed by atoms with Crippen LogP contribution in [-0.4, -0.2) is 46.1 Å². The smallest absolute Gasteiger partial charge is 0.227 e. The first-order chi connectivity index (χ1) is 16.2. The van der Waals surface area contributed by atoms with Crippen molar-refractivity contribution >= 4 is 17.5 Å². The highest BCUT2D eigenvalue weighted by atomic mass is 19.1. The zero-order valence-electron chi connectivity index (χ0n) is 18.3. The zero-order chi connectivity index (χ0) is 22.6. The maximum Gasteiger partial charge on any atom is 0.227 e. The van der Waals surface area contributed by atoms with E-state index in [0.29, 0.717) is 11.5 Å². The van der Waals surface area contributed by atoms with Gasteiger partial charge in [0.15, 0.2) is 0 Å². The van der Waals surface area contributed by atoms with Crippen molar-refractivity contribution in [1.29, 1.82) is 0 Å². The summed E-state index contributed by atoms with van der Waals surface area (Å²) in [5.41, 5.74) is 4.54. The molecule has 4 heterocycles. The molecule has 0 aliphatic carbocycles. The van der Waals surface area contributed by atoms with E-state index >= 15 is 0 Å². The number of nitrogens with zero attached hydrogens (tertiary/aromatic N) is 5. The Morgan fingerprint density at radius 1 is 0.970 bits per heavy atom. The van der Waals surface area contributed by atoms with Crippen LogP contribution < -0.4 is 15.5 Å². The Bertz CT molecular complexity index is 1250. The second kappa shape index (κ2) is 9.30. The number of hydrogen-bond donors (Lipinski definition) is 2. The predicted octanol–water partition coefficient (Wildman–Crippen LogP) is 4.20.